The molecule has 0 atom stereocenters. The largest absolute Gasteiger partial charge is 0.368 e. The smallest absolute Gasteiger partial charge is 0.247 e. The lowest BCUT2D eigenvalue weighted by Gasteiger charge is -2.21. The highest BCUT2D eigenvalue weighted by atomic mass is 35.5. The molecule has 0 bridgehead atoms. The minimum atomic E-state index is -0.0146. The predicted octanol–water partition coefficient (Wildman–Crippen LogP) is 2.92. The number of benzene rings is 1. The van der Waals surface area contributed by atoms with E-state index in [0.717, 1.165) is 24.0 Å². The van der Waals surface area contributed by atoms with Crippen molar-refractivity contribution in [3.8, 4) is 0 Å². The monoisotopic (exact) mass is 328 g/mol. The molecular formula is C17H17ClN4O. The Bertz CT molecular complexity index is 708. The van der Waals surface area contributed by atoms with Crippen molar-refractivity contribution in [2.45, 2.75) is 25.4 Å². The molecule has 1 aliphatic carbocycles. The van der Waals surface area contributed by atoms with Crippen LogP contribution in [0.2, 0.25) is 5.02 Å². The number of anilines is 1. The molecule has 23 heavy (non-hydrogen) atoms. The van der Waals surface area contributed by atoms with E-state index in [1.165, 1.54) is 0 Å². The second-order valence-corrected chi connectivity index (χ2v) is 5.97. The summed E-state index contributed by atoms with van der Waals surface area (Å²) in [6, 6.07) is 7.90. The van der Waals surface area contributed by atoms with Crippen molar-refractivity contribution in [2.24, 2.45) is 0 Å². The van der Waals surface area contributed by atoms with Gasteiger partial charge < -0.3 is 10.6 Å². The highest BCUT2D eigenvalue weighted by Crippen LogP contribution is 2.29. The lowest BCUT2D eigenvalue weighted by atomic mass is 10.2. The van der Waals surface area contributed by atoms with E-state index >= 15 is 0 Å². The Morgan fingerprint density at radius 3 is 2.52 bits per heavy atom. The van der Waals surface area contributed by atoms with E-state index in [2.05, 4.69) is 9.97 Å². The van der Waals surface area contributed by atoms with Gasteiger partial charge in [-0.15, -0.1) is 0 Å². The molecule has 0 unspecified atom stereocenters. The highest BCUT2D eigenvalue weighted by Gasteiger charge is 2.31. The van der Waals surface area contributed by atoms with Gasteiger partial charge >= 0.3 is 0 Å². The molecule has 0 aliphatic heterocycles. The molecular weight excluding hydrogens is 312 g/mol. The van der Waals surface area contributed by atoms with Crippen LogP contribution >= 0.6 is 11.6 Å². The molecule has 1 aliphatic rings. The second kappa shape index (κ2) is 6.79. The van der Waals surface area contributed by atoms with E-state index in [9.17, 15) is 4.79 Å². The van der Waals surface area contributed by atoms with Crippen LogP contribution in [0.1, 0.15) is 24.0 Å². The van der Waals surface area contributed by atoms with E-state index in [1.54, 1.807) is 24.5 Å². The summed E-state index contributed by atoms with van der Waals surface area (Å²) >= 11 is 5.90. The number of nitrogens with zero attached hydrogens (tertiary/aromatic N) is 3. The van der Waals surface area contributed by atoms with Crippen LogP contribution in [0.25, 0.3) is 6.08 Å². The van der Waals surface area contributed by atoms with Crippen molar-refractivity contribution in [3.63, 3.8) is 0 Å². The van der Waals surface area contributed by atoms with Crippen LogP contribution in [0, 0.1) is 0 Å². The number of carbonyl (C=O) groups excluding carboxylic acids is 1. The molecule has 1 aromatic heterocycles. The summed E-state index contributed by atoms with van der Waals surface area (Å²) in [6.07, 6.45) is 8.55. The Labute approximate surface area is 139 Å². The Morgan fingerprint density at radius 2 is 1.91 bits per heavy atom. The van der Waals surface area contributed by atoms with Gasteiger partial charge in [0.25, 0.3) is 0 Å². The molecule has 1 aromatic carbocycles. The zero-order chi connectivity index (χ0) is 16.2. The lowest BCUT2D eigenvalue weighted by molar-refractivity contribution is -0.127. The van der Waals surface area contributed by atoms with E-state index in [0.29, 0.717) is 17.6 Å². The molecule has 3 rings (SSSR count). The number of hydrogen-bond donors (Lipinski definition) is 1. The molecule has 1 amide bonds. The summed E-state index contributed by atoms with van der Waals surface area (Å²) in [4.78, 5) is 22.2. The average Bonchev–Trinajstić information content (AvgIpc) is 3.38. The van der Waals surface area contributed by atoms with Gasteiger partial charge in [-0.05, 0) is 36.6 Å². The van der Waals surface area contributed by atoms with Gasteiger partial charge in [0, 0.05) is 41.6 Å². The number of aromatic nitrogens is 2. The van der Waals surface area contributed by atoms with Crippen LogP contribution in [0.15, 0.2) is 42.7 Å². The molecule has 1 saturated carbocycles. The zero-order valence-electron chi connectivity index (χ0n) is 12.5. The fraction of sp³-hybridized carbons (Fsp3) is 0.235. The Hall–Kier alpha value is -2.40. The first-order valence-corrected chi connectivity index (χ1v) is 7.80. The second-order valence-electron chi connectivity index (χ2n) is 5.53. The van der Waals surface area contributed by atoms with Gasteiger partial charge in [0.15, 0.2) is 0 Å². The fourth-order valence-electron chi connectivity index (χ4n) is 2.26. The molecule has 118 valence electrons. The molecule has 1 fully saturated rings. The van der Waals surface area contributed by atoms with Gasteiger partial charge in [-0.2, -0.15) is 0 Å². The molecule has 0 radical (unpaired) electrons. The van der Waals surface area contributed by atoms with Gasteiger partial charge in [0.05, 0.1) is 0 Å². The summed E-state index contributed by atoms with van der Waals surface area (Å²) in [5.74, 6) is 0.204. The minimum Gasteiger partial charge on any atom is -0.368 e. The highest BCUT2D eigenvalue weighted by molar-refractivity contribution is 6.30. The van der Waals surface area contributed by atoms with E-state index in [-0.39, 0.29) is 11.9 Å². The van der Waals surface area contributed by atoms with Crippen LogP contribution in [-0.2, 0) is 11.3 Å². The van der Waals surface area contributed by atoms with Crippen LogP contribution in [0.5, 0.6) is 0 Å². The third kappa shape index (κ3) is 4.29. The third-order valence-corrected chi connectivity index (χ3v) is 3.90. The molecule has 0 spiro atoms. The summed E-state index contributed by atoms with van der Waals surface area (Å²) in [6.45, 7) is 0.587. The average molecular weight is 329 g/mol. The van der Waals surface area contributed by atoms with Crippen molar-refractivity contribution in [1.82, 2.24) is 14.9 Å². The predicted molar refractivity (Wildman–Crippen MR) is 90.5 cm³/mol. The first-order valence-electron chi connectivity index (χ1n) is 7.42. The van der Waals surface area contributed by atoms with Crippen molar-refractivity contribution in [2.75, 3.05) is 5.73 Å². The summed E-state index contributed by atoms with van der Waals surface area (Å²) in [7, 11) is 0. The molecule has 2 aromatic rings. The first kappa shape index (κ1) is 15.5. The van der Waals surface area contributed by atoms with Crippen LogP contribution in [0.4, 0.5) is 5.95 Å². The minimum absolute atomic E-state index is 0.0146. The van der Waals surface area contributed by atoms with E-state index < -0.39 is 0 Å². The Kier molecular flexibility index (Phi) is 4.57. The maximum Gasteiger partial charge on any atom is 0.247 e. The normalized spacial score (nSPS) is 14.1. The summed E-state index contributed by atoms with van der Waals surface area (Å²) < 4.78 is 0. The van der Waals surface area contributed by atoms with Gasteiger partial charge in [0.2, 0.25) is 11.9 Å². The zero-order valence-corrected chi connectivity index (χ0v) is 13.3. The van der Waals surface area contributed by atoms with Crippen LogP contribution in [-0.4, -0.2) is 26.8 Å². The number of halogens is 1. The van der Waals surface area contributed by atoms with E-state index in [1.807, 2.05) is 29.2 Å². The molecule has 6 heteroatoms. The maximum atomic E-state index is 12.5. The fourth-order valence-corrected chi connectivity index (χ4v) is 2.38. The van der Waals surface area contributed by atoms with Crippen molar-refractivity contribution >= 4 is 29.5 Å². The van der Waals surface area contributed by atoms with Gasteiger partial charge in [-0.25, -0.2) is 9.97 Å². The summed E-state index contributed by atoms with van der Waals surface area (Å²) in [5.41, 5.74) is 7.26. The van der Waals surface area contributed by atoms with Crippen molar-refractivity contribution in [1.29, 1.82) is 0 Å². The molecule has 5 nitrogen and oxygen atoms in total. The van der Waals surface area contributed by atoms with Gasteiger partial charge in [-0.3, -0.25) is 4.79 Å². The number of hydrogen-bond acceptors (Lipinski definition) is 4. The number of nitrogen functional groups attached to an aromatic ring is 1. The Morgan fingerprint density at radius 1 is 1.26 bits per heavy atom. The SMILES string of the molecule is Nc1ncc(/C=C/C(=O)N(Cc2ccc(Cl)cc2)C2CC2)cn1. The number of nitrogens with two attached hydrogens (primary N) is 1. The van der Waals surface area contributed by atoms with Crippen LogP contribution < -0.4 is 5.73 Å². The standard InChI is InChI=1S/C17H17ClN4O/c18-14-4-1-12(2-5-14)11-22(15-6-7-15)16(23)8-3-13-9-20-17(19)21-10-13/h1-5,8-10,15H,6-7,11H2,(H2,19,20,21)/b8-3+. The molecule has 1 heterocycles. The lowest BCUT2D eigenvalue weighted by Crippen LogP contribution is -2.31. The van der Waals surface area contributed by atoms with Crippen molar-refractivity contribution < 1.29 is 4.79 Å². The maximum absolute atomic E-state index is 12.5. The molecule has 2 N–H and O–H groups in total. The van der Waals surface area contributed by atoms with Crippen LogP contribution in [0.3, 0.4) is 0 Å². The molecule has 0 saturated heterocycles. The number of carbonyl (C=O) groups is 1. The topological polar surface area (TPSA) is 72.1 Å². The van der Waals surface area contributed by atoms with Crippen molar-refractivity contribution in [3.05, 3.63) is 58.9 Å². The number of amides is 1. The summed E-state index contributed by atoms with van der Waals surface area (Å²) in [5, 5.41) is 0.696. The first-order chi connectivity index (χ1) is 11.1. The van der Waals surface area contributed by atoms with E-state index in [4.69, 9.17) is 17.3 Å². The number of rotatable bonds is 5. The van der Waals surface area contributed by atoms with Gasteiger partial charge in [0.1, 0.15) is 0 Å². The quantitative estimate of drug-likeness (QED) is 0.857. The Balaban J connectivity index is 1.69. The third-order valence-electron chi connectivity index (χ3n) is 3.65. The van der Waals surface area contributed by atoms with Gasteiger partial charge in [-0.1, -0.05) is 23.7 Å².